The van der Waals surface area contributed by atoms with E-state index in [2.05, 4.69) is 13.8 Å². The molecule has 0 aromatic carbocycles. The molecule has 0 atom stereocenters. The Labute approximate surface area is 83.4 Å². The Morgan fingerprint density at radius 2 is 1.78 bits per heavy atom. The van der Waals surface area contributed by atoms with Crippen molar-refractivity contribution in [3.05, 3.63) is 13.8 Å². The summed E-state index contributed by atoms with van der Waals surface area (Å²) in [6, 6.07) is 0. The van der Waals surface area contributed by atoms with Gasteiger partial charge in [-0.05, 0) is 13.8 Å². The Hall–Kier alpha value is 1.06. The van der Waals surface area contributed by atoms with Crippen molar-refractivity contribution < 1.29 is 37.4 Å². The molecule has 1 nitrogen and oxygen atoms in total. The average Bonchev–Trinajstić information content (AvgIpc) is 1.67. The van der Waals surface area contributed by atoms with Gasteiger partial charge in [0.25, 0.3) is 0 Å². The number of hydrogen-bond acceptors (Lipinski definition) is 1. The third-order valence-corrected chi connectivity index (χ3v) is 1.09. The normalized spacial score (nSPS) is 10.7. The van der Waals surface area contributed by atoms with Gasteiger partial charge in [0.1, 0.15) is 0 Å². The number of ether oxygens (including phenoxy) is 1. The van der Waals surface area contributed by atoms with Gasteiger partial charge in [0, 0.05) is 38.3 Å². The van der Waals surface area contributed by atoms with Gasteiger partial charge in [-0.2, -0.15) is 6.42 Å². The van der Waals surface area contributed by atoms with Crippen LogP contribution in [0.4, 0.5) is 0 Å². The fourth-order valence-corrected chi connectivity index (χ4v) is 0.348. The molecule has 0 spiro atoms. The molecule has 0 unspecified atom stereocenters. The van der Waals surface area contributed by atoms with E-state index in [0.717, 1.165) is 6.42 Å². The maximum Gasteiger partial charge on any atom is 0.0321 e. The average molecular weight is 203 g/mol. The summed E-state index contributed by atoms with van der Waals surface area (Å²) in [5, 5.41) is 0. The minimum atomic E-state index is -0.0816. The van der Waals surface area contributed by atoms with Gasteiger partial charge < -0.3 is 18.6 Å². The molecule has 0 bridgehead atoms. The van der Waals surface area contributed by atoms with E-state index in [1.165, 1.54) is 0 Å². The summed E-state index contributed by atoms with van der Waals surface area (Å²) in [5.74, 6) is 0. The Bertz CT molecular complexity index is 61.9. The first-order chi connectivity index (χ1) is 3.62. The molecule has 0 amide bonds. The van der Waals surface area contributed by atoms with E-state index in [1.54, 1.807) is 0 Å². The van der Waals surface area contributed by atoms with Crippen molar-refractivity contribution in [3.8, 4) is 0 Å². The van der Waals surface area contributed by atoms with Crippen LogP contribution in [0.2, 0.25) is 0 Å². The molecule has 0 aromatic heterocycles. The largest absolute Gasteiger partial charge is 0.410 e. The Morgan fingerprint density at radius 1 is 1.33 bits per heavy atom. The monoisotopic (exact) mass is 203 g/mol. The fraction of sp³-hybridized carbons (Fsp3) is 0.714. The molecule has 0 saturated heterocycles. The molecule has 0 aliphatic rings. The SMILES string of the molecule is [CH2-]COC(C)(C)C[CH2-].[Y]. The molecular weight excluding hydrogens is 189 g/mol. The van der Waals surface area contributed by atoms with Crippen LogP contribution < -0.4 is 0 Å². The zero-order valence-electron chi connectivity index (χ0n) is 6.31. The number of hydrogen-bond donors (Lipinski definition) is 0. The van der Waals surface area contributed by atoms with E-state index in [4.69, 9.17) is 4.74 Å². The smallest absolute Gasteiger partial charge is 0.0321 e. The van der Waals surface area contributed by atoms with Crippen LogP contribution in [-0.4, -0.2) is 12.2 Å². The third kappa shape index (κ3) is 6.96. The third-order valence-electron chi connectivity index (χ3n) is 1.09. The molecule has 0 heterocycles. The molecule has 1 radical (unpaired) electrons. The molecule has 0 saturated carbocycles. The summed E-state index contributed by atoms with van der Waals surface area (Å²) in [7, 11) is 0. The summed E-state index contributed by atoms with van der Waals surface area (Å²) in [6.07, 6.45) is 0.794. The molecular formula is C7H14OY-2. The van der Waals surface area contributed by atoms with Crippen molar-refractivity contribution >= 4 is 0 Å². The van der Waals surface area contributed by atoms with E-state index in [-0.39, 0.29) is 38.3 Å². The topological polar surface area (TPSA) is 9.23 Å². The Balaban J connectivity index is 0. The van der Waals surface area contributed by atoms with Crippen LogP contribution in [0.15, 0.2) is 0 Å². The molecule has 0 aliphatic carbocycles. The van der Waals surface area contributed by atoms with Crippen molar-refractivity contribution in [1.82, 2.24) is 0 Å². The van der Waals surface area contributed by atoms with E-state index in [0.29, 0.717) is 6.61 Å². The summed E-state index contributed by atoms with van der Waals surface area (Å²) in [4.78, 5) is 0. The fourth-order valence-electron chi connectivity index (χ4n) is 0.348. The van der Waals surface area contributed by atoms with Gasteiger partial charge in [-0.1, -0.05) is 6.61 Å². The first-order valence-corrected chi connectivity index (χ1v) is 2.85. The first kappa shape index (κ1) is 12.7. The maximum atomic E-state index is 5.20. The van der Waals surface area contributed by atoms with Crippen LogP contribution in [0.1, 0.15) is 20.3 Å². The molecule has 53 valence electrons. The molecule has 0 fully saturated rings. The van der Waals surface area contributed by atoms with Crippen LogP contribution in [0, 0.1) is 13.8 Å². The van der Waals surface area contributed by atoms with Crippen molar-refractivity contribution in [2.75, 3.05) is 6.61 Å². The van der Waals surface area contributed by atoms with Gasteiger partial charge >= 0.3 is 0 Å². The first-order valence-electron chi connectivity index (χ1n) is 2.85. The second-order valence-electron chi connectivity index (χ2n) is 2.36. The van der Waals surface area contributed by atoms with Crippen LogP contribution >= 0.6 is 0 Å². The van der Waals surface area contributed by atoms with Gasteiger partial charge in [0.05, 0.1) is 0 Å². The molecule has 0 rings (SSSR count). The predicted octanol–water partition coefficient (Wildman–Crippen LogP) is 1.84. The molecule has 0 N–H and O–H groups in total. The van der Waals surface area contributed by atoms with Crippen LogP contribution in [0.25, 0.3) is 0 Å². The molecule has 2 heteroatoms. The van der Waals surface area contributed by atoms with Crippen molar-refractivity contribution in [2.45, 2.75) is 25.9 Å². The standard InChI is InChI=1S/C7H14O.Y/c1-5-7(3,4)8-6-2;/h1-2,5-6H2,3-4H3;/q-2;. The second-order valence-corrected chi connectivity index (χ2v) is 2.36. The minimum Gasteiger partial charge on any atom is -0.410 e. The van der Waals surface area contributed by atoms with E-state index >= 15 is 0 Å². The van der Waals surface area contributed by atoms with E-state index < -0.39 is 0 Å². The Morgan fingerprint density at radius 3 is 1.89 bits per heavy atom. The predicted molar refractivity (Wildman–Crippen MR) is 35.4 cm³/mol. The molecule has 0 aliphatic heterocycles. The number of rotatable bonds is 3. The van der Waals surface area contributed by atoms with E-state index in [9.17, 15) is 0 Å². The quantitative estimate of drug-likeness (QED) is 0.636. The van der Waals surface area contributed by atoms with Crippen LogP contribution in [0.3, 0.4) is 0 Å². The summed E-state index contributed by atoms with van der Waals surface area (Å²) >= 11 is 0. The molecule has 0 aromatic rings. The van der Waals surface area contributed by atoms with Crippen molar-refractivity contribution in [1.29, 1.82) is 0 Å². The van der Waals surface area contributed by atoms with Gasteiger partial charge in [-0.3, -0.25) is 0 Å². The van der Waals surface area contributed by atoms with Gasteiger partial charge in [-0.25, -0.2) is 0 Å². The van der Waals surface area contributed by atoms with E-state index in [1.807, 2.05) is 13.8 Å². The maximum absolute atomic E-state index is 5.20. The second kappa shape index (κ2) is 5.82. The van der Waals surface area contributed by atoms with Crippen LogP contribution in [-0.2, 0) is 37.4 Å². The van der Waals surface area contributed by atoms with Crippen LogP contribution in [0.5, 0.6) is 0 Å². The summed E-state index contributed by atoms with van der Waals surface area (Å²) < 4.78 is 5.20. The van der Waals surface area contributed by atoms with Gasteiger partial charge in [0.2, 0.25) is 0 Å². The summed E-state index contributed by atoms with van der Waals surface area (Å²) in [5.41, 5.74) is -0.0816. The zero-order valence-corrected chi connectivity index (χ0v) is 9.15. The van der Waals surface area contributed by atoms with Crippen molar-refractivity contribution in [3.63, 3.8) is 0 Å². The summed E-state index contributed by atoms with van der Waals surface area (Å²) in [6.45, 7) is 11.8. The minimum absolute atomic E-state index is 0. The van der Waals surface area contributed by atoms with Crippen molar-refractivity contribution in [2.24, 2.45) is 0 Å². The Kier molecular flexibility index (Phi) is 8.22. The molecule has 9 heavy (non-hydrogen) atoms. The van der Waals surface area contributed by atoms with Gasteiger partial charge in [0.15, 0.2) is 0 Å². The van der Waals surface area contributed by atoms with Gasteiger partial charge in [-0.15, -0.1) is 0 Å². The zero-order chi connectivity index (χ0) is 6.62.